The van der Waals surface area contributed by atoms with Crippen LogP contribution < -0.4 is 0 Å². The third-order valence-corrected chi connectivity index (χ3v) is 7.73. The molecular weight excluding hydrogens is 428 g/mol. The number of ether oxygens (including phenoxy) is 2. The Morgan fingerprint density at radius 2 is 0.686 bits per heavy atom. The van der Waals surface area contributed by atoms with E-state index < -0.39 is 16.6 Å². The average Bonchev–Trinajstić information content (AvgIpc) is 3.26. The van der Waals surface area contributed by atoms with Gasteiger partial charge in [-0.25, -0.2) is 0 Å². The molecule has 1 saturated heterocycles. The Bertz CT molecular complexity index is 1060. The van der Waals surface area contributed by atoms with Gasteiger partial charge in [-0.1, -0.05) is 121 Å². The van der Waals surface area contributed by atoms with Gasteiger partial charge in [0.15, 0.2) is 5.79 Å². The van der Waals surface area contributed by atoms with Crippen molar-refractivity contribution in [2.24, 2.45) is 0 Å². The van der Waals surface area contributed by atoms with E-state index in [1.807, 2.05) is 13.8 Å². The third-order valence-electron chi connectivity index (χ3n) is 7.73. The maximum absolute atomic E-state index is 6.90. The Labute approximate surface area is 209 Å². The first-order chi connectivity index (χ1) is 16.9. The van der Waals surface area contributed by atoms with E-state index in [9.17, 15) is 0 Å². The molecule has 2 nitrogen and oxygen atoms in total. The van der Waals surface area contributed by atoms with Gasteiger partial charge in [-0.2, -0.15) is 0 Å². The summed E-state index contributed by atoms with van der Waals surface area (Å²) in [5.41, 5.74) is 3.98. The highest BCUT2D eigenvalue weighted by Crippen LogP contribution is 2.51. The Kier molecular flexibility index (Phi) is 6.13. The molecule has 5 rings (SSSR count). The van der Waals surface area contributed by atoms with Gasteiger partial charge in [0.25, 0.3) is 0 Å². The highest BCUT2D eigenvalue weighted by molar-refractivity contribution is 5.46. The molecule has 4 aromatic carbocycles. The van der Waals surface area contributed by atoms with E-state index in [0.29, 0.717) is 0 Å². The van der Waals surface area contributed by atoms with Crippen LogP contribution >= 0.6 is 0 Å². The van der Waals surface area contributed by atoms with Crippen molar-refractivity contribution >= 4 is 0 Å². The number of hydrogen-bond acceptors (Lipinski definition) is 2. The van der Waals surface area contributed by atoms with Crippen molar-refractivity contribution in [1.82, 2.24) is 0 Å². The predicted molar refractivity (Wildman–Crippen MR) is 143 cm³/mol. The second-order valence-corrected chi connectivity index (χ2v) is 10.3. The zero-order valence-corrected chi connectivity index (χ0v) is 21.0. The lowest BCUT2D eigenvalue weighted by Gasteiger charge is -2.44. The van der Waals surface area contributed by atoms with Crippen LogP contribution in [0.2, 0.25) is 0 Å². The summed E-state index contributed by atoms with van der Waals surface area (Å²) >= 11 is 0. The highest BCUT2D eigenvalue weighted by atomic mass is 16.8. The van der Waals surface area contributed by atoms with Crippen molar-refractivity contribution in [3.63, 3.8) is 0 Å². The molecule has 178 valence electrons. The van der Waals surface area contributed by atoms with Crippen LogP contribution in [0, 0.1) is 0 Å². The second-order valence-electron chi connectivity index (χ2n) is 10.3. The maximum atomic E-state index is 6.90. The van der Waals surface area contributed by atoms with E-state index >= 15 is 0 Å². The summed E-state index contributed by atoms with van der Waals surface area (Å²) in [6.45, 7) is 8.67. The molecule has 0 unspecified atom stereocenters. The van der Waals surface area contributed by atoms with Crippen molar-refractivity contribution in [2.45, 2.75) is 56.5 Å². The summed E-state index contributed by atoms with van der Waals surface area (Å²) in [5, 5.41) is 0. The van der Waals surface area contributed by atoms with E-state index in [4.69, 9.17) is 9.47 Å². The number of hydrogen-bond donors (Lipinski definition) is 0. The second kappa shape index (κ2) is 9.11. The van der Waals surface area contributed by atoms with Gasteiger partial charge in [0.2, 0.25) is 0 Å². The molecule has 2 atom stereocenters. The summed E-state index contributed by atoms with van der Waals surface area (Å²) in [5.74, 6) is -0.731. The molecule has 0 spiro atoms. The first-order valence-corrected chi connectivity index (χ1v) is 12.4. The van der Waals surface area contributed by atoms with Crippen molar-refractivity contribution < 1.29 is 9.47 Å². The van der Waals surface area contributed by atoms with E-state index in [1.165, 1.54) is 22.3 Å². The minimum atomic E-state index is -0.731. The SMILES string of the molecule is CC1(C)O[C@@H](C(C)(c2ccccc2)c2ccccc2)[C@H](C(C)(c2ccccc2)c2ccccc2)O1. The van der Waals surface area contributed by atoms with E-state index in [0.717, 1.165) is 0 Å². The summed E-state index contributed by atoms with van der Waals surface area (Å²) in [6.07, 6.45) is -0.486. The fraction of sp³-hybridized carbons (Fsp3) is 0.273. The van der Waals surface area contributed by atoms with Crippen LogP contribution in [0.25, 0.3) is 0 Å². The Hall–Kier alpha value is -3.20. The van der Waals surface area contributed by atoms with Gasteiger partial charge in [-0.15, -0.1) is 0 Å². The monoisotopic (exact) mass is 462 g/mol. The fourth-order valence-corrected chi connectivity index (χ4v) is 5.73. The summed E-state index contributed by atoms with van der Waals surface area (Å²) in [6, 6.07) is 42.8. The Morgan fingerprint density at radius 1 is 0.457 bits per heavy atom. The van der Waals surface area contributed by atoms with E-state index in [2.05, 4.69) is 135 Å². The molecule has 1 fully saturated rings. The van der Waals surface area contributed by atoms with Gasteiger partial charge >= 0.3 is 0 Å². The first-order valence-electron chi connectivity index (χ1n) is 12.4. The third kappa shape index (κ3) is 4.11. The molecule has 1 aliphatic heterocycles. The molecule has 0 bridgehead atoms. The Morgan fingerprint density at radius 3 is 0.914 bits per heavy atom. The minimum Gasteiger partial charge on any atom is -0.343 e. The van der Waals surface area contributed by atoms with Crippen LogP contribution in [0.1, 0.15) is 49.9 Å². The predicted octanol–water partition coefficient (Wildman–Crippen LogP) is 7.52. The van der Waals surface area contributed by atoms with Crippen LogP contribution in [0.5, 0.6) is 0 Å². The van der Waals surface area contributed by atoms with Crippen LogP contribution in [0.15, 0.2) is 121 Å². The minimum absolute atomic E-state index is 0.243. The first kappa shape index (κ1) is 23.5. The van der Waals surface area contributed by atoms with Crippen molar-refractivity contribution in [3.8, 4) is 0 Å². The Balaban J connectivity index is 1.76. The summed E-state index contributed by atoms with van der Waals surface area (Å²) in [4.78, 5) is 0. The normalized spacial score (nSPS) is 20.0. The molecule has 4 aromatic rings. The van der Waals surface area contributed by atoms with Gasteiger partial charge in [0.05, 0.1) is 0 Å². The van der Waals surface area contributed by atoms with Crippen molar-refractivity contribution in [3.05, 3.63) is 144 Å². The van der Waals surface area contributed by atoms with Gasteiger partial charge in [0.1, 0.15) is 12.2 Å². The molecule has 0 radical (unpaired) electrons. The summed E-state index contributed by atoms with van der Waals surface area (Å²) in [7, 11) is 0. The van der Waals surface area contributed by atoms with Crippen LogP contribution in [-0.2, 0) is 20.3 Å². The molecular formula is C33H34O2. The lowest BCUT2D eigenvalue weighted by atomic mass is 9.62. The van der Waals surface area contributed by atoms with Crippen molar-refractivity contribution in [1.29, 1.82) is 0 Å². The van der Waals surface area contributed by atoms with Gasteiger partial charge in [-0.3, -0.25) is 0 Å². The van der Waals surface area contributed by atoms with Crippen LogP contribution in [0.4, 0.5) is 0 Å². The van der Waals surface area contributed by atoms with E-state index in [-0.39, 0.29) is 12.2 Å². The average molecular weight is 463 g/mol. The molecule has 0 amide bonds. The van der Waals surface area contributed by atoms with Crippen molar-refractivity contribution in [2.75, 3.05) is 0 Å². The van der Waals surface area contributed by atoms with Crippen LogP contribution in [-0.4, -0.2) is 18.0 Å². The molecule has 0 aliphatic carbocycles. The maximum Gasteiger partial charge on any atom is 0.163 e. The molecule has 0 N–H and O–H groups in total. The molecule has 0 saturated carbocycles. The smallest absolute Gasteiger partial charge is 0.163 e. The molecule has 0 aromatic heterocycles. The lowest BCUT2D eigenvalue weighted by molar-refractivity contribution is -0.153. The zero-order valence-electron chi connectivity index (χ0n) is 21.0. The summed E-state index contributed by atoms with van der Waals surface area (Å²) < 4.78 is 13.8. The standard InChI is InChI=1S/C33H34O2/c1-31(2)34-29(32(3,25-17-9-5-10-18-25)26-19-11-6-12-20-26)30(35-31)33(4,27-21-13-7-14-22-27)28-23-15-8-16-24-28/h5-24,29-30H,1-4H3/t29-,30-/m1/s1. The quantitative estimate of drug-likeness (QED) is 0.295. The molecule has 2 heteroatoms. The topological polar surface area (TPSA) is 18.5 Å². The van der Waals surface area contributed by atoms with E-state index in [1.54, 1.807) is 0 Å². The zero-order chi connectivity index (χ0) is 24.5. The molecule has 1 heterocycles. The van der Waals surface area contributed by atoms with Gasteiger partial charge in [-0.05, 0) is 49.9 Å². The fourth-order valence-electron chi connectivity index (χ4n) is 5.73. The molecule has 1 aliphatic rings. The van der Waals surface area contributed by atoms with Crippen LogP contribution in [0.3, 0.4) is 0 Å². The number of benzene rings is 4. The highest BCUT2D eigenvalue weighted by Gasteiger charge is 2.58. The lowest BCUT2D eigenvalue weighted by Crippen LogP contribution is -2.52. The number of rotatable bonds is 6. The van der Waals surface area contributed by atoms with Gasteiger partial charge < -0.3 is 9.47 Å². The van der Waals surface area contributed by atoms with Gasteiger partial charge in [0, 0.05) is 10.8 Å². The molecule has 35 heavy (non-hydrogen) atoms. The largest absolute Gasteiger partial charge is 0.343 e.